The summed E-state index contributed by atoms with van der Waals surface area (Å²) in [4.78, 5) is 11.3. The van der Waals surface area contributed by atoms with Crippen LogP contribution in [0.1, 0.15) is 11.1 Å². The van der Waals surface area contributed by atoms with Crippen LogP contribution in [0.15, 0.2) is 18.2 Å². The summed E-state index contributed by atoms with van der Waals surface area (Å²) in [5, 5.41) is 0.376. The van der Waals surface area contributed by atoms with Crippen LogP contribution in [0.4, 0.5) is 0 Å². The van der Waals surface area contributed by atoms with Gasteiger partial charge in [0.05, 0.1) is 12.4 Å². The number of benzene rings is 1. The highest BCUT2D eigenvalue weighted by atomic mass is 79.9. The molecule has 2 nitrogen and oxygen atoms in total. The Kier molecular flexibility index (Phi) is 5.12. The van der Waals surface area contributed by atoms with Crippen LogP contribution in [0, 0.1) is 0 Å². The first-order valence-corrected chi connectivity index (χ1v) is 6.16. The maximum atomic E-state index is 11.3. The fourth-order valence-electron chi connectivity index (χ4n) is 1.29. The van der Waals surface area contributed by atoms with Gasteiger partial charge in [-0.2, -0.15) is 0 Å². The van der Waals surface area contributed by atoms with Crippen LogP contribution in [0.25, 0.3) is 0 Å². The average Bonchev–Trinajstić information content (AvgIpc) is 2.29. The molecule has 1 aromatic carbocycles. The topological polar surface area (TPSA) is 26.3 Å². The van der Waals surface area contributed by atoms with E-state index in [1.165, 1.54) is 0 Å². The molecule has 0 heterocycles. The molecule has 15 heavy (non-hydrogen) atoms. The summed E-state index contributed by atoms with van der Waals surface area (Å²) in [5.74, 6) is 1.30. The van der Waals surface area contributed by atoms with E-state index in [1.807, 2.05) is 18.2 Å². The molecular weight excluding hydrogens is 279 g/mol. The number of carbonyl (C=O) groups is 1. The summed E-state index contributed by atoms with van der Waals surface area (Å²) in [5.41, 5.74) is 1.92. The van der Waals surface area contributed by atoms with Crippen molar-refractivity contribution in [1.82, 2.24) is 0 Å². The van der Waals surface area contributed by atoms with Crippen LogP contribution in [0.3, 0.4) is 0 Å². The van der Waals surface area contributed by atoms with Gasteiger partial charge in [0.1, 0.15) is 11.5 Å². The molecule has 82 valence electrons. The van der Waals surface area contributed by atoms with E-state index in [0.717, 1.165) is 16.9 Å². The van der Waals surface area contributed by atoms with Crippen LogP contribution >= 0.6 is 27.5 Å². The summed E-state index contributed by atoms with van der Waals surface area (Å²) in [7, 11) is 1.61. The van der Waals surface area contributed by atoms with E-state index < -0.39 is 0 Å². The first kappa shape index (κ1) is 12.5. The van der Waals surface area contributed by atoms with Crippen molar-refractivity contribution in [3.05, 3.63) is 29.3 Å². The molecule has 0 aliphatic heterocycles. The van der Waals surface area contributed by atoms with Gasteiger partial charge in [0.15, 0.2) is 0 Å². The first-order valence-electron chi connectivity index (χ1n) is 4.50. The van der Waals surface area contributed by atoms with Gasteiger partial charge in [0.25, 0.3) is 0 Å². The lowest BCUT2D eigenvalue weighted by Crippen LogP contribution is -2.05. The standard InChI is InChI=1S/C11H12BrClO2/c1-15-11-3-2-8(4-10(14)6-12)9(5-11)7-13/h2-3,5H,4,6-7H2,1H3. The van der Waals surface area contributed by atoms with Gasteiger partial charge in [0, 0.05) is 12.3 Å². The Morgan fingerprint density at radius 2 is 2.20 bits per heavy atom. The molecule has 0 radical (unpaired) electrons. The maximum absolute atomic E-state index is 11.3. The Morgan fingerprint density at radius 1 is 1.47 bits per heavy atom. The lowest BCUT2D eigenvalue weighted by atomic mass is 10.0. The monoisotopic (exact) mass is 290 g/mol. The fourth-order valence-corrected chi connectivity index (χ4v) is 1.73. The third-order valence-corrected chi connectivity index (χ3v) is 3.01. The molecule has 0 bridgehead atoms. The molecule has 0 atom stereocenters. The number of methoxy groups -OCH3 is 1. The van der Waals surface area contributed by atoms with Crippen molar-refractivity contribution >= 4 is 33.3 Å². The number of alkyl halides is 2. The van der Waals surface area contributed by atoms with E-state index in [9.17, 15) is 4.79 Å². The highest BCUT2D eigenvalue weighted by molar-refractivity contribution is 9.09. The Morgan fingerprint density at radius 3 is 2.73 bits per heavy atom. The highest BCUT2D eigenvalue weighted by Gasteiger charge is 2.07. The predicted octanol–water partition coefficient (Wildman–Crippen LogP) is 2.94. The number of rotatable bonds is 5. The molecule has 1 rings (SSSR count). The van der Waals surface area contributed by atoms with Gasteiger partial charge < -0.3 is 4.74 Å². The number of ether oxygens (including phenoxy) is 1. The normalized spacial score (nSPS) is 10.1. The van der Waals surface area contributed by atoms with Crippen molar-refractivity contribution in [2.75, 3.05) is 12.4 Å². The summed E-state index contributed by atoms with van der Waals surface area (Å²) in [6, 6.07) is 5.59. The number of halogens is 2. The summed E-state index contributed by atoms with van der Waals surface area (Å²) < 4.78 is 5.09. The van der Waals surface area contributed by atoms with Crippen LogP contribution in [0.2, 0.25) is 0 Å². The van der Waals surface area contributed by atoms with Crippen molar-refractivity contribution in [3.8, 4) is 5.75 Å². The number of hydrogen-bond acceptors (Lipinski definition) is 2. The van der Waals surface area contributed by atoms with E-state index in [2.05, 4.69) is 15.9 Å². The molecule has 0 saturated heterocycles. The van der Waals surface area contributed by atoms with Gasteiger partial charge in [0.2, 0.25) is 0 Å². The van der Waals surface area contributed by atoms with E-state index in [1.54, 1.807) is 7.11 Å². The van der Waals surface area contributed by atoms with Gasteiger partial charge in [-0.1, -0.05) is 22.0 Å². The smallest absolute Gasteiger partial charge is 0.147 e. The quantitative estimate of drug-likeness (QED) is 0.780. The van der Waals surface area contributed by atoms with Gasteiger partial charge >= 0.3 is 0 Å². The van der Waals surface area contributed by atoms with Crippen LogP contribution in [-0.2, 0) is 17.1 Å². The van der Waals surface area contributed by atoms with Gasteiger partial charge in [-0.3, -0.25) is 4.79 Å². The second-order valence-corrected chi connectivity index (χ2v) is 3.95. The Hall–Kier alpha value is -0.540. The Labute approximate surface area is 103 Å². The van der Waals surface area contributed by atoms with Crippen molar-refractivity contribution in [2.24, 2.45) is 0 Å². The Bertz CT molecular complexity index is 352. The average molecular weight is 292 g/mol. The third kappa shape index (κ3) is 3.50. The van der Waals surface area contributed by atoms with E-state index in [-0.39, 0.29) is 5.78 Å². The van der Waals surface area contributed by atoms with E-state index >= 15 is 0 Å². The molecule has 0 aromatic heterocycles. The molecule has 0 aliphatic carbocycles. The summed E-state index contributed by atoms with van der Waals surface area (Å²) in [6.45, 7) is 0. The molecule has 0 aliphatic rings. The molecule has 4 heteroatoms. The van der Waals surface area contributed by atoms with Crippen molar-refractivity contribution < 1.29 is 9.53 Å². The molecule has 0 amide bonds. The van der Waals surface area contributed by atoms with Crippen molar-refractivity contribution in [3.63, 3.8) is 0 Å². The van der Waals surface area contributed by atoms with E-state index in [4.69, 9.17) is 16.3 Å². The lowest BCUT2D eigenvalue weighted by Gasteiger charge is -2.08. The SMILES string of the molecule is COc1ccc(CC(=O)CBr)c(CCl)c1. The zero-order valence-electron chi connectivity index (χ0n) is 8.43. The minimum atomic E-state index is 0.145. The minimum absolute atomic E-state index is 0.145. The minimum Gasteiger partial charge on any atom is -0.497 e. The number of carbonyl (C=O) groups excluding carboxylic acids is 1. The zero-order valence-corrected chi connectivity index (χ0v) is 10.8. The molecule has 0 fully saturated rings. The molecular formula is C11H12BrClO2. The van der Waals surface area contributed by atoms with Crippen LogP contribution < -0.4 is 4.74 Å². The summed E-state index contributed by atoms with van der Waals surface area (Å²) in [6.07, 6.45) is 0.414. The van der Waals surface area contributed by atoms with E-state index in [0.29, 0.717) is 17.6 Å². The molecule has 0 saturated carbocycles. The van der Waals surface area contributed by atoms with Crippen molar-refractivity contribution in [1.29, 1.82) is 0 Å². The third-order valence-electron chi connectivity index (χ3n) is 2.09. The molecule has 0 N–H and O–H groups in total. The fraction of sp³-hybridized carbons (Fsp3) is 0.364. The maximum Gasteiger partial charge on any atom is 0.147 e. The molecule has 0 unspecified atom stereocenters. The zero-order chi connectivity index (χ0) is 11.3. The predicted molar refractivity (Wildman–Crippen MR) is 65.1 cm³/mol. The van der Waals surface area contributed by atoms with Crippen molar-refractivity contribution in [2.45, 2.75) is 12.3 Å². The molecule has 0 spiro atoms. The Balaban J connectivity index is 2.92. The highest BCUT2D eigenvalue weighted by Crippen LogP contribution is 2.20. The van der Waals surface area contributed by atoms with Gasteiger partial charge in [-0.25, -0.2) is 0 Å². The van der Waals surface area contributed by atoms with Gasteiger partial charge in [-0.05, 0) is 23.3 Å². The second kappa shape index (κ2) is 6.13. The number of ketones is 1. The largest absolute Gasteiger partial charge is 0.497 e. The number of Topliss-reactive ketones (excluding diaryl/α,β-unsaturated/α-hetero) is 1. The van der Waals surface area contributed by atoms with Gasteiger partial charge in [-0.15, -0.1) is 11.6 Å². The second-order valence-electron chi connectivity index (χ2n) is 3.12. The van der Waals surface area contributed by atoms with Crippen LogP contribution in [0.5, 0.6) is 5.75 Å². The molecule has 1 aromatic rings. The lowest BCUT2D eigenvalue weighted by molar-refractivity contribution is -0.115. The first-order chi connectivity index (χ1) is 7.21. The van der Waals surface area contributed by atoms with Crippen LogP contribution in [-0.4, -0.2) is 18.2 Å². The summed E-state index contributed by atoms with van der Waals surface area (Å²) >= 11 is 8.95. The number of hydrogen-bond donors (Lipinski definition) is 0.